The molecule has 0 aliphatic heterocycles. The van der Waals surface area contributed by atoms with E-state index in [0.29, 0.717) is 13.1 Å². The standard InChI is InChI=1S/C13H11NO2/c1-3-9-14(10-4-2)12-7-5-11(6-8-12)13(15)16/h1-2,5-8H,9-10H2,(H,15,16). The second kappa shape index (κ2) is 5.48. The van der Waals surface area contributed by atoms with Crippen LogP contribution < -0.4 is 4.90 Å². The number of aromatic carboxylic acids is 1. The quantitative estimate of drug-likeness (QED) is 0.770. The van der Waals surface area contributed by atoms with Crippen LogP contribution >= 0.6 is 0 Å². The van der Waals surface area contributed by atoms with Gasteiger partial charge in [0.05, 0.1) is 18.7 Å². The highest BCUT2D eigenvalue weighted by Crippen LogP contribution is 2.14. The molecule has 3 nitrogen and oxygen atoms in total. The first-order valence-electron chi connectivity index (χ1n) is 4.64. The zero-order valence-corrected chi connectivity index (χ0v) is 8.68. The second-order valence-electron chi connectivity index (χ2n) is 3.12. The normalized spacial score (nSPS) is 8.88. The smallest absolute Gasteiger partial charge is 0.335 e. The van der Waals surface area contributed by atoms with E-state index in [0.717, 1.165) is 5.69 Å². The van der Waals surface area contributed by atoms with Gasteiger partial charge in [0.2, 0.25) is 0 Å². The molecule has 1 aromatic carbocycles. The zero-order chi connectivity index (χ0) is 12.0. The highest BCUT2D eigenvalue weighted by molar-refractivity contribution is 5.88. The molecule has 0 aliphatic rings. The van der Waals surface area contributed by atoms with E-state index in [9.17, 15) is 4.79 Å². The molecule has 1 N–H and O–H groups in total. The molecule has 0 aromatic heterocycles. The van der Waals surface area contributed by atoms with Gasteiger partial charge in [-0.1, -0.05) is 11.8 Å². The predicted octanol–water partition coefficient (Wildman–Crippen LogP) is 1.46. The first-order valence-corrected chi connectivity index (χ1v) is 4.64. The summed E-state index contributed by atoms with van der Waals surface area (Å²) < 4.78 is 0. The van der Waals surface area contributed by atoms with Crippen LogP contribution in [0.4, 0.5) is 5.69 Å². The van der Waals surface area contributed by atoms with E-state index in [1.165, 1.54) is 12.1 Å². The summed E-state index contributed by atoms with van der Waals surface area (Å²) in [5.74, 6) is 4.05. The summed E-state index contributed by atoms with van der Waals surface area (Å²) in [6.45, 7) is 0.799. The summed E-state index contributed by atoms with van der Waals surface area (Å²) >= 11 is 0. The van der Waals surface area contributed by atoms with E-state index in [1.54, 1.807) is 12.1 Å². The topological polar surface area (TPSA) is 40.5 Å². The third kappa shape index (κ3) is 2.80. The van der Waals surface area contributed by atoms with E-state index in [2.05, 4.69) is 11.8 Å². The van der Waals surface area contributed by atoms with Crippen LogP contribution in [0, 0.1) is 24.7 Å². The lowest BCUT2D eigenvalue weighted by atomic mass is 10.2. The third-order valence-corrected chi connectivity index (χ3v) is 2.04. The van der Waals surface area contributed by atoms with Gasteiger partial charge < -0.3 is 10.0 Å². The van der Waals surface area contributed by atoms with Gasteiger partial charge in [-0.25, -0.2) is 4.79 Å². The summed E-state index contributed by atoms with van der Waals surface area (Å²) in [5, 5.41) is 8.74. The summed E-state index contributed by atoms with van der Waals surface area (Å²) in [4.78, 5) is 12.5. The molecule has 0 radical (unpaired) electrons. The Hall–Kier alpha value is -2.39. The van der Waals surface area contributed by atoms with Crippen LogP contribution in [0.25, 0.3) is 0 Å². The maximum atomic E-state index is 10.7. The number of anilines is 1. The van der Waals surface area contributed by atoms with Crippen molar-refractivity contribution < 1.29 is 9.90 Å². The molecule has 1 aromatic rings. The lowest BCUT2D eigenvalue weighted by Crippen LogP contribution is -2.23. The summed E-state index contributed by atoms with van der Waals surface area (Å²) in [5.41, 5.74) is 1.06. The first-order chi connectivity index (χ1) is 7.69. The lowest BCUT2D eigenvalue weighted by molar-refractivity contribution is 0.0697. The largest absolute Gasteiger partial charge is 0.478 e. The monoisotopic (exact) mass is 213 g/mol. The van der Waals surface area contributed by atoms with Crippen LogP contribution in [-0.2, 0) is 0 Å². The van der Waals surface area contributed by atoms with Crippen molar-refractivity contribution >= 4 is 11.7 Å². The number of nitrogens with zero attached hydrogens (tertiary/aromatic N) is 1. The minimum Gasteiger partial charge on any atom is -0.478 e. The molecule has 0 spiro atoms. The van der Waals surface area contributed by atoms with Crippen molar-refractivity contribution in [2.75, 3.05) is 18.0 Å². The van der Waals surface area contributed by atoms with Crippen LogP contribution in [-0.4, -0.2) is 24.2 Å². The van der Waals surface area contributed by atoms with Gasteiger partial charge in [0, 0.05) is 5.69 Å². The number of hydrogen-bond acceptors (Lipinski definition) is 2. The molecule has 0 atom stereocenters. The Balaban J connectivity index is 2.91. The number of carboxylic acid groups (broad SMARTS) is 1. The van der Waals surface area contributed by atoms with Crippen LogP contribution in [0.1, 0.15) is 10.4 Å². The Morgan fingerprint density at radius 3 is 2.06 bits per heavy atom. The van der Waals surface area contributed by atoms with Crippen molar-refractivity contribution in [2.24, 2.45) is 0 Å². The predicted molar refractivity (Wildman–Crippen MR) is 63.3 cm³/mol. The molecule has 0 amide bonds. The highest BCUT2D eigenvalue weighted by atomic mass is 16.4. The Bertz CT molecular complexity index is 432. The molecule has 0 saturated heterocycles. The van der Waals surface area contributed by atoms with Gasteiger partial charge in [-0.05, 0) is 24.3 Å². The average Bonchev–Trinajstić information content (AvgIpc) is 2.29. The molecule has 0 saturated carbocycles. The Morgan fingerprint density at radius 2 is 1.69 bits per heavy atom. The molecule has 0 heterocycles. The van der Waals surface area contributed by atoms with Crippen molar-refractivity contribution in [1.29, 1.82) is 0 Å². The minimum atomic E-state index is -0.952. The fourth-order valence-electron chi connectivity index (χ4n) is 1.27. The molecule has 80 valence electrons. The average molecular weight is 213 g/mol. The van der Waals surface area contributed by atoms with Crippen molar-refractivity contribution in [3.05, 3.63) is 29.8 Å². The van der Waals surface area contributed by atoms with E-state index in [-0.39, 0.29) is 5.56 Å². The highest BCUT2D eigenvalue weighted by Gasteiger charge is 2.05. The first kappa shape index (κ1) is 11.7. The molecular formula is C13H11NO2. The van der Waals surface area contributed by atoms with Crippen LogP contribution in [0.3, 0.4) is 0 Å². The van der Waals surface area contributed by atoms with Gasteiger partial charge in [-0.15, -0.1) is 12.8 Å². The maximum Gasteiger partial charge on any atom is 0.335 e. The van der Waals surface area contributed by atoms with Gasteiger partial charge in [-0.3, -0.25) is 0 Å². The molecule has 1 rings (SSSR count). The number of hydrogen-bond donors (Lipinski definition) is 1. The van der Waals surface area contributed by atoms with Gasteiger partial charge in [0.1, 0.15) is 0 Å². The Morgan fingerprint density at radius 1 is 1.19 bits per heavy atom. The van der Waals surface area contributed by atoms with Crippen molar-refractivity contribution in [3.8, 4) is 24.7 Å². The van der Waals surface area contributed by atoms with Crippen LogP contribution in [0.5, 0.6) is 0 Å². The Labute approximate surface area is 94.7 Å². The minimum absolute atomic E-state index is 0.241. The lowest BCUT2D eigenvalue weighted by Gasteiger charge is -2.19. The Kier molecular flexibility index (Phi) is 4.00. The van der Waals surface area contributed by atoms with Gasteiger partial charge in [-0.2, -0.15) is 0 Å². The fourth-order valence-corrected chi connectivity index (χ4v) is 1.27. The summed E-state index contributed by atoms with van der Waals surface area (Å²) in [6.07, 6.45) is 10.4. The van der Waals surface area contributed by atoms with E-state index in [4.69, 9.17) is 18.0 Å². The number of carboxylic acids is 1. The molecule has 0 fully saturated rings. The van der Waals surface area contributed by atoms with E-state index >= 15 is 0 Å². The van der Waals surface area contributed by atoms with Crippen molar-refractivity contribution in [2.45, 2.75) is 0 Å². The second-order valence-corrected chi connectivity index (χ2v) is 3.12. The molecule has 16 heavy (non-hydrogen) atoms. The van der Waals surface area contributed by atoms with Gasteiger partial charge in [0.25, 0.3) is 0 Å². The fraction of sp³-hybridized carbons (Fsp3) is 0.154. The molecule has 3 heteroatoms. The SMILES string of the molecule is C#CCN(CC#C)c1ccc(C(=O)O)cc1. The molecule has 0 aliphatic carbocycles. The maximum absolute atomic E-state index is 10.7. The number of carbonyl (C=O) groups is 1. The van der Waals surface area contributed by atoms with Crippen LogP contribution in [0.15, 0.2) is 24.3 Å². The van der Waals surface area contributed by atoms with Crippen molar-refractivity contribution in [1.82, 2.24) is 0 Å². The van der Waals surface area contributed by atoms with E-state index < -0.39 is 5.97 Å². The van der Waals surface area contributed by atoms with Gasteiger partial charge >= 0.3 is 5.97 Å². The van der Waals surface area contributed by atoms with Crippen LogP contribution in [0.2, 0.25) is 0 Å². The number of terminal acetylenes is 2. The molecule has 0 bridgehead atoms. The molecule has 0 unspecified atom stereocenters. The number of benzene rings is 1. The molecular weight excluding hydrogens is 202 g/mol. The third-order valence-electron chi connectivity index (χ3n) is 2.04. The number of rotatable bonds is 4. The summed E-state index contributed by atoms with van der Waals surface area (Å²) in [7, 11) is 0. The van der Waals surface area contributed by atoms with E-state index in [1.807, 2.05) is 4.90 Å². The summed E-state index contributed by atoms with van der Waals surface area (Å²) in [6, 6.07) is 6.44. The van der Waals surface area contributed by atoms with Gasteiger partial charge in [0.15, 0.2) is 0 Å². The van der Waals surface area contributed by atoms with Crippen molar-refractivity contribution in [3.63, 3.8) is 0 Å². The zero-order valence-electron chi connectivity index (χ0n) is 8.68.